The van der Waals surface area contributed by atoms with Gasteiger partial charge in [0.25, 0.3) is 0 Å². The fourth-order valence-corrected chi connectivity index (χ4v) is 4.08. The molecular formula is C25H23N3. The standard InChI is InChI=1S/C25H23N3/c1-28-15-13-23-21(6-3-7-24(23)28)17-25-26-14-12-22(27-25)11-9-18-8-10-19-4-2-5-20(19)16-18/h2-3,5-8,10,12-16H,4,9,11,17H2,1H3. The van der Waals surface area contributed by atoms with Crippen LogP contribution in [0, 0.1) is 0 Å². The molecule has 4 aromatic rings. The van der Waals surface area contributed by atoms with Crippen molar-refractivity contribution in [1.29, 1.82) is 0 Å². The Kier molecular flexibility index (Phi) is 4.28. The van der Waals surface area contributed by atoms with Crippen LogP contribution in [0.1, 0.15) is 33.8 Å². The van der Waals surface area contributed by atoms with E-state index in [1.54, 1.807) is 0 Å². The zero-order valence-electron chi connectivity index (χ0n) is 16.1. The van der Waals surface area contributed by atoms with Crippen LogP contribution in [-0.4, -0.2) is 14.5 Å². The van der Waals surface area contributed by atoms with Crippen LogP contribution < -0.4 is 0 Å². The molecule has 2 aromatic carbocycles. The number of benzene rings is 2. The van der Waals surface area contributed by atoms with Crippen LogP contribution in [0.15, 0.2) is 67.0 Å². The maximum atomic E-state index is 4.84. The molecule has 0 atom stereocenters. The van der Waals surface area contributed by atoms with Crippen LogP contribution in [0.3, 0.4) is 0 Å². The van der Waals surface area contributed by atoms with Crippen LogP contribution in [0.2, 0.25) is 0 Å². The molecule has 28 heavy (non-hydrogen) atoms. The maximum Gasteiger partial charge on any atom is 0.132 e. The minimum atomic E-state index is 0.763. The van der Waals surface area contributed by atoms with Crippen LogP contribution in [0.5, 0.6) is 0 Å². The van der Waals surface area contributed by atoms with E-state index in [1.807, 2.05) is 12.3 Å². The van der Waals surface area contributed by atoms with E-state index in [2.05, 4.69) is 77.4 Å². The lowest BCUT2D eigenvalue weighted by atomic mass is 10.0. The van der Waals surface area contributed by atoms with Crippen molar-refractivity contribution < 1.29 is 0 Å². The average molecular weight is 365 g/mol. The highest BCUT2D eigenvalue weighted by Gasteiger charge is 2.09. The maximum absolute atomic E-state index is 4.84. The van der Waals surface area contributed by atoms with Gasteiger partial charge in [0.15, 0.2) is 0 Å². The summed E-state index contributed by atoms with van der Waals surface area (Å²) in [4.78, 5) is 9.36. The predicted molar refractivity (Wildman–Crippen MR) is 114 cm³/mol. The minimum Gasteiger partial charge on any atom is -0.351 e. The van der Waals surface area contributed by atoms with E-state index >= 15 is 0 Å². The quantitative estimate of drug-likeness (QED) is 0.503. The van der Waals surface area contributed by atoms with Crippen molar-refractivity contribution in [2.24, 2.45) is 7.05 Å². The van der Waals surface area contributed by atoms with Crippen LogP contribution in [-0.2, 0) is 32.7 Å². The summed E-state index contributed by atoms with van der Waals surface area (Å²) < 4.78 is 2.15. The highest BCUT2D eigenvalue weighted by Crippen LogP contribution is 2.22. The Bertz CT molecular complexity index is 1180. The summed E-state index contributed by atoms with van der Waals surface area (Å²) in [7, 11) is 2.08. The SMILES string of the molecule is Cn1ccc2c(Cc3nccc(CCc4ccc5c(c4)C=CC5)n3)cccc21. The second-order valence-corrected chi connectivity index (χ2v) is 7.56. The summed E-state index contributed by atoms with van der Waals surface area (Å²) in [6, 6.07) is 17.5. The van der Waals surface area contributed by atoms with E-state index in [0.717, 1.165) is 37.2 Å². The monoisotopic (exact) mass is 365 g/mol. The molecule has 5 rings (SSSR count). The van der Waals surface area contributed by atoms with Crippen LogP contribution in [0.4, 0.5) is 0 Å². The van der Waals surface area contributed by atoms with Gasteiger partial charge in [-0.15, -0.1) is 0 Å². The van der Waals surface area contributed by atoms with Crippen molar-refractivity contribution in [3.8, 4) is 0 Å². The third-order valence-corrected chi connectivity index (χ3v) is 5.65. The molecule has 0 saturated carbocycles. The normalized spacial score (nSPS) is 12.6. The second kappa shape index (κ2) is 7.08. The highest BCUT2D eigenvalue weighted by molar-refractivity contribution is 5.83. The Morgan fingerprint density at radius 3 is 2.96 bits per heavy atom. The molecule has 0 unspecified atom stereocenters. The van der Waals surface area contributed by atoms with E-state index in [9.17, 15) is 0 Å². The molecule has 1 aliphatic rings. The molecule has 1 aliphatic carbocycles. The molecule has 0 N–H and O–H groups in total. The van der Waals surface area contributed by atoms with E-state index in [4.69, 9.17) is 4.98 Å². The van der Waals surface area contributed by atoms with Gasteiger partial charge in [0.1, 0.15) is 5.82 Å². The number of rotatable bonds is 5. The number of aryl methyl sites for hydroxylation is 3. The van der Waals surface area contributed by atoms with Gasteiger partial charge in [-0.25, -0.2) is 9.97 Å². The molecule has 0 radical (unpaired) electrons. The molecule has 3 nitrogen and oxygen atoms in total. The van der Waals surface area contributed by atoms with Gasteiger partial charge in [-0.3, -0.25) is 0 Å². The molecule has 138 valence electrons. The van der Waals surface area contributed by atoms with E-state index in [-0.39, 0.29) is 0 Å². The molecule has 0 saturated heterocycles. The minimum absolute atomic E-state index is 0.763. The molecule has 0 bridgehead atoms. The number of allylic oxidation sites excluding steroid dienone is 1. The molecule has 2 heterocycles. The first-order chi connectivity index (χ1) is 13.8. The Morgan fingerprint density at radius 2 is 2.00 bits per heavy atom. The summed E-state index contributed by atoms with van der Waals surface area (Å²) in [5, 5.41) is 1.28. The number of hydrogen-bond acceptors (Lipinski definition) is 2. The summed E-state index contributed by atoms with van der Waals surface area (Å²) in [6.07, 6.45) is 12.2. The van der Waals surface area contributed by atoms with Crippen molar-refractivity contribution in [1.82, 2.24) is 14.5 Å². The van der Waals surface area contributed by atoms with Crippen LogP contribution in [0.25, 0.3) is 17.0 Å². The Morgan fingerprint density at radius 1 is 1.04 bits per heavy atom. The number of hydrogen-bond donors (Lipinski definition) is 0. The third kappa shape index (κ3) is 3.24. The number of fused-ring (bicyclic) bond motifs is 2. The first-order valence-corrected chi connectivity index (χ1v) is 9.88. The highest BCUT2D eigenvalue weighted by atomic mass is 14.9. The van der Waals surface area contributed by atoms with E-state index in [0.29, 0.717) is 0 Å². The Hall–Kier alpha value is -3.20. The Balaban J connectivity index is 1.33. The molecular weight excluding hydrogens is 342 g/mol. The lowest BCUT2D eigenvalue weighted by molar-refractivity contribution is 0.860. The molecule has 2 aromatic heterocycles. The van der Waals surface area contributed by atoms with Gasteiger partial charge in [-0.05, 0) is 59.7 Å². The second-order valence-electron chi connectivity index (χ2n) is 7.56. The van der Waals surface area contributed by atoms with Gasteiger partial charge in [-0.2, -0.15) is 0 Å². The number of nitrogens with zero attached hydrogens (tertiary/aromatic N) is 3. The number of aromatic nitrogens is 3. The molecule has 0 fully saturated rings. The first-order valence-electron chi connectivity index (χ1n) is 9.88. The lowest BCUT2D eigenvalue weighted by Gasteiger charge is -2.07. The van der Waals surface area contributed by atoms with Gasteiger partial charge < -0.3 is 4.57 Å². The van der Waals surface area contributed by atoms with Crippen molar-refractivity contribution >= 4 is 17.0 Å². The third-order valence-electron chi connectivity index (χ3n) is 5.65. The van der Waals surface area contributed by atoms with E-state index < -0.39 is 0 Å². The van der Waals surface area contributed by atoms with Gasteiger partial charge in [-0.1, -0.05) is 42.5 Å². The Labute approximate surface area is 165 Å². The molecule has 0 aliphatic heterocycles. The zero-order valence-corrected chi connectivity index (χ0v) is 16.1. The average Bonchev–Trinajstić information content (AvgIpc) is 3.34. The summed E-state index contributed by atoms with van der Waals surface area (Å²) in [5.41, 5.74) is 7.82. The van der Waals surface area contributed by atoms with Crippen molar-refractivity contribution in [3.63, 3.8) is 0 Å². The van der Waals surface area contributed by atoms with Gasteiger partial charge in [0, 0.05) is 42.5 Å². The van der Waals surface area contributed by atoms with Crippen molar-refractivity contribution in [2.75, 3.05) is 0 Å². The molecule has 3 heteroatoms. The van der Waals surface area contributed by atoms with Crippen LogP contribution >= 0.6 is 0 Å². The van der Waals surface area contributed by atoms with E-state index in [1.165, 1.54) is 33.2 Å². The smallest absolute Gasteiger partial charge is 0.132 e. The summed E-state index contributed by atoms with van der Waals surface area (Å²) >= 11 is 0. The summed E-state index contributed by atoms with van der Waals surface area (Å²) in [5.74, 6) is 0.894. The van der Waals surface area contributed by atoms with Gasteiger partial charge >= 0.3 is 0 Å². The predicted octanol–water partition coefficient (Wildman–Crippen LogP) is 4.91. The fraction of sp³-hybridized carbons (Fsp3) is 0.200. The van der Waals surface area contributed by atoms with Gasteiger partial charge in [0.2, 0.25) is 0 Å². The van der Waals surface area contributed by atoms with Crippen molar-refractivity contribution in [3.05, 3.63) is 101 Å². The van der Waals surface area contributed by atoms with Gasteiger partial charge in [0.05, 0.1) is 0 Å². The molecule has 0 amide bonds. The molecule has 0 spiro atoms. The first kappa shape index (κ1) is 16.9. The fourth-order valence-electron chi connectivity index (χ4n) is 4.08. The largest absolute Gasteiger partial charge is 0.351 e. The topological polar surface area (TPSA) is 30.7 Å². The zero-order chi connectivity index (χ0) is 18.9. The summed E-state index contributed by atoms with van der Waals surface area (Å²) in [6.45, 7) is 0. The van der Waals surface area contributed by atoms with Crippen molar-refractivity contribution in [2.45, 2.75) is 25.7 Å². The lowest BCUT2D eigenvalue weighted by Crippen LogP contribution is -2.02.